The van der Waals surface area contributed by atoms with Crippen molar-refractivity contribution in [2.24, 2.45) is 0 Å². The lowest BCUT2D eigenvalue weighted by molar-refractivity contribution is -0.123. The molecule has 0 aliphatic carbocycles. The number of ether oxygens (including phenoxy) is 2. The van der Waals surface area contributed by atoms with Gasteiger partial charge in [0.25, 0.3) is 5.91 Å². The molecule has 0 unspecified atom stereocenters. The molecular weight excluding hydrogens is 462 g/mol. The highest BCUT2D eigenvalue weighted by atomic mass is 35.5. The molecule has 1 N–H and O–H groups in total. The van der Waals surface area contributed by atoms with E-state index >= 15 is 0 Å². The van der Waals surface area contributed by atoms with Crippen molar-refractivity contribution >= 4 is 28.5 Å². The van der Waals surface area contributed by atoms with Gasteiger partial charge in [-0.05, 0) is 61.7 Å². The number of halogens is 1. The maximum absolute atomic E-state index is 12.3. The zero-order valence-corrected chi connectivity index (χ0v) is 20.8. The van der Waals surface area contributed by atoms with E-state index in [0.717, 1.165) is 46.7 Å². The van der Waals surface area contributed by atoms with Crippen molar-refractivity contribution in [3.8, 4) is 11.5 Å². The average Bonchev–Trinajstić information content (AvgIpc) is 3.20. The van der Waals surface area contributed by atoms with E-state index in [4.69, 9.17) is 26.1 Å². The van der Waals surface area contributed by atoms with E-state index in [0.29, 0.717) is 30.3 Å². The quantitative estimate of drug-likeness (QED) is 0.281. The first-order valence-corrected chi connectivity index (χ1v) is 12.2. The minimum Gasteiger partial charge on any atom is -0.492 e. The third-order valence-corrected chi connectivity index (χ3v) is 6.04. The van der Waals surface area contributed by atoms with Crippen LogP contribution in [0.15, 0.2) is 66.7 Å². The molecule has 0 spiro atoms. The highest BCUT2D eigenvalue weighted by Gasteiger charge is 2.12. The number of fused-ring (bicyclic) bond motifs is 1. The van der Waals surface area contributed by atoms with Gasteiger partial charge in [0.1, 0.15) is 17.3 Å². The molecule has 7 heteroatoms. The third kappa shape index (κ3) is 6.55. The van der Waals surface area contributed by atoms with Gasteiger partial charge in [-0.3, -0.25) is 4.79 Å². The van der Waals surface area contributed by atoms with Crippen LogP contribution in [-0.4, -0.2) is 35.2 Å². The van der Waals surface area contributed by atoms with Crippen LogP contribution in [0.3, 0.4) is 0 Å². The van der Waals surface area contributed by atoms with Crippen molar-refractivity contribution in [3.05, 3.63) is 88.7 Å². The van der Waals surface area contributed by atoms with E-state index < -0.39 is 0 Å². The van der Waals surface area contributed by atoms with Crippen LogP contribution < -0.4 is 14.8 Å². The first kappa shape index (κ1) is 24.6. The number of carbonyl (C=O) groups is 1. The Labute approximate surface area is 210 Å². The highest BCUT2D eigenvalue weighted by Crippen LogP contribution is 2.23. The molecule has 0 bridgehead atoms. The lowest BCUT2D eigenvalue weighted by Gasteiger charge is -2.12. The van der Waals surface area contributed by atoms with Crippen LogP contribution >= 0.6 is 11.6 Å². The molecule has 1 aromatic heterocycles. The monoisotopic (exact) mass is 491 g/mol. The van der Waals surface area contributed by atoms with Gasteiger partial charge in [0.15, 0.2) is 6.61 Å². The van der Waals surface area contributed by atoms with Crippen LogP contribution in [0.2, 0.25) is 5.02 Å². The van der Waals surface area contributed by atoms with Gasteiger partial charge < -0.3 is 19.4 Å². The SMILES string of the molecule is Cc1ccc(C)c(OCC(=O)NCCc2nc3ccccc3n2CCCOc2ccccc2Cl)c1. The Bertz CT molecular complexity index is 1300. The van der Waals surface area contributed by atoms with E-state index in [2.05, 4.69) is 16.0 Å². The molecule has 4 rings (SSSR count). The fourth-order valence-electron chi connectivity index (χ4n) is 3.90. The van der Waals surface area contributed by atoms with Crippen LogP contribution in [-0.2, 0) is 17.8 Å². The number of para-hydroxylation sites is 3. The van der Waals surface area contributed by atoms with Crippen molar-refractivity contribution in [2.45, 2.75) is 33.2 Å². The Morgan fingerprint density at radius 1 is 1.00 bits per heavy atom. The zero-order chi connectivity index (χ0) is 24.6. The number of benzene rings is 3. The van der Waals surface area contributed by atoms with E-state index in [9.17, 15) is 4.79 Å². The number of hydrogen-bond donors (Lipinski definition) is 1. The predicted octanol–water partition coefficient (Wildman–Crippen LogP) is 5.51. The molecule has 0 aliphatic heterocycles. The number of carbonyl (C=O) groups excluding carboxylic acids is 1. The smallest absolute Gasteiger partial charge is 0.257 e. The summed E-state index contributed by atoms with van der Waals surface area (Å²) in [5.74, 6) is 2.21. The molecule has 0 radical (unpaired) electrons. The van der Waals surface area contributed by atoms with Gasteiger partial charge in [-0.2, -0.15) is 0 Å². The molecule has 0 atom stereocenters. The van der Waals surface area contributed by atoms with Crippen molar-refractivity contribution < 1.29 is 14.3 Å². The summed E-state index contributed by atoms with van der Waals surface area (Å²) >= 11 is 6.18. The molecule has 35 heavy (non-hydrogen) atoms. The minimum atomic E-state index is -0.151. The topological polar surface area (TPSA) is 65.4 Å². The fraction of sp³-hybridized carbons (Fsp3) is 0.286. The second kappa shape index (κ2) is 11.8. The van der Waals surface area contributed by atoms with Crippen molar-refractivity contribution in [2.75, 3.05) is 19.8 Å². The Morgan fingerprint density at radius 3 is 2.66 bits per heavy atom. The number of imidazole rings is 1. The van der Waals surface area contributed by atoms with Crippen molar-refractivity contribution in [3.63, 3.8) is 0 Å². The lowest BCUT2D eigenvalue weighted by Crippen LogP contribution is -2.31. The van der Waals surface area contributed by atoms with Gasteiger partial charge >= 0.3 is 0 Å². The van der Waals surface area contributed by atoms with Gasteiger partial charge in [-0.1, -0.05) is 48.0 Å². The van der Waals surface area contributed by atoms with Gasteiger partial charge in [0.2, 0.25) is 0 Å². The molecule has 0 saturated heterocycles. The Balaban J connectivity index is 1.31. The van der Waals surface area contributed by atoms with E-state index in [-0.39, 0.29) is 12.5 Å². The highest BCUT2D eigenvalue weighted by molar-refractivity contribution is 6.32. The zero-order valence-electron chi connectivity index (χ0n) is 20.1. The van der Waals surface area contributed by atoms with E-state index in [1.165, 1.54) is 0 Å². The normalized spacial score (nSPS) is 10.9. The molecule has 0 saturated carbocycles. The van der Waals surface area contributed by atoms with Gasteiger partial charge in [-0.15, -0.1) is 0 Å². The number of rotatable bonds is 11. The van der Waals surface area contributed by atoms with Crippen molar-refractivity contribution in [1.29, 1.82) is 0 Å². The predicted molar refractivity (Wildman–Crippen MR) is 139 cm³/mol. The fourth-order valence-corrected chi connectivity index (χ4v) is 4.09. The summed E-state index contributed by atoms with van der Waals surface area (Å²) in [6, 6.07) is 21.5. The molecular formula is C28H30ClN3O3. The molecule has 1 heterocycles. The number of aryl methyl sites for hydroxylation is 3. The number of nitrogens with zero attached hydrogens (tertiary/aromatic N) is 2. The van der Waals surface area contributed by atoms with E-state index in [1.54, 1.807) is 0 Å². The number of amides is 1. The summed E-state index contributed by atoms with van der Waals surface area (Å²) in [5.41, 5.74) is 4.13. The first-order valence-electron chi connectivity index (χ1n) is 11.8. The van der Waals surface area contributed by atoms with Crippen LogP contribution in [0.1, 0.15) is 23.4 Å². The molecule has 4 aromatic rings. The number of aromatic nitrogens is 2. The summed E-state index contributed by atoms with van der Waals surface area (Å²) in [7, 11) is 0. The third-order valence-electron chi connectivity index (χ3n) is 5.73. The Hall–Kier alpha value is -3.51. The maximum atomic E-state index is 12.3. The largest absolute Gasteiger partial charge is 0.492 e. The maximum Gasteiger partial charge on any atom is 0.257 e. The summed E-state index contributed by atoms with van der Waals surface area (Å²) in [6.45, 7) is 5.73. The molecule has 6 nitrogen and oxygen atoms in total. The van der Waals surface area contributed by atoms with Crippen LogP contribution in [0, 0.1) is 13.8 Å². The molecule has 3 aromatic carbocycles. The van der Waals surface area contributed by atoms with Crippen LogP contribution in [0.5, 0.6) is 11.5 Å². The van der Waals surface area contributed by atoms with Crippen LogP contribution in [0.25, 0.3) is 11.0 Å². The van der Waals surface area contributed by atoms with Gasteiger partial charge in [0, 0.05) is 19.5 Å². The Kier molecular flexibility index (Phi) is 8.27. The molecule has 0 aliphatic rings. The number of nitrogens with one attached hydrogen (secondary N) is 1. The van der Waals surface area contributed by atoms with Crippen molar-refractivity contribution in [1.82, 2.24) is 14.9 Å². The summed E-state index contributed by atoms with van der Waals surface area (Å²) in [5, 5.41) is 3.56. The van der Waals surface area contributed by atoms with E-state index in [1.807, 2.05) is 74.5 Å². The lowest BCUT2D eigenvalue weighted by atomic mass is 10.1. The number of hydrogen-bond acceptors (Lipinski definition) is 4. The second-order valence-corrected chi connectivity index (χ2v) is 8.87. The first-order chi connectivity index (χ1) is 17.0. The van der Waals surface area contributed by atoms with Gasteiger partial charge in [-0.25, -0.2) is 4.98 Å². The average molecular weight is 492 g/mol. The molecule has 1 amide bonds. The second-order valence-electron chi connectivity index (χ2n) is 8.46. The Morgan fingerprint density at radius 2 is 1.80 bits per heavy atom. The summed E-state index contributed by atoms with van der Waals surface area (Å²) in [6.07, 6.45) is 1.42. The summed E-state index contributed by atoms with van der Waals surface area (Å²) in [4.78, 5) is 17.1. The standard InChI is InChI=1S/C28H30ClN3O3/c1-20-12-13-21(2)26(18-20)35-19-28(33)30-15-14-27-31-23-9-4-5-10-24(23)32(27)16-7-17-34-25-11-6-3-8-22(25)29/h3-6,8-13,18H,7,14-17,19H2,1-2H3,(H,30,33). The van der Waals surface area contributed by atoms with Gasteiger partial charge in [0.05, 0.1) is 22.7 Å². The summed E-state index contributed by atoms with van der Waals surface area (Å²) < 4.78 is 13.7. The molecule has 0 fully saturated rings. The minimum absolute atomic E-state index is 0.0138. The molecule has 182 valence electrons. The van der Waals surface area contributed by atoms with Crippen LogP contribution in [0.4, 0.5) is 0 Å².